The Bertz CT molecular complexity index is 266. The molecule has 0 bridgehead atoms. The first-order valence-electron chi connectivity index (χ1n) is 6.62. The van der Waals surface area contributed by atoms with Gasteiger partial charge in [-0.05, 0) is 18.8 Å². The number of nitrogens with one attached hydrogen (secondary N) is 1. The molecule has 0 spiro atoms. The number of amides is 3. The smallest absolute Gasteiger partial charge is 0.321 e. The first-order valence-corrected chi connectivity index (χ1v) is 7.16. The van der Waals surface area contributed by atoms with Crippen molar-refractivity contribution >= 4 is 23.5 Å². The van der Waals surface area contributed by atoms with Crippen LogP contribution < -0.4 is 5.32 Å². The molecular formula is C13H25ClN2O2. The second-order valence-corrected chi connectivity index (χ2v) is 5.19. The van der Waals surface area contributed by atoms with Crippen molar-refractivity contribution in [3.8, 4) is 0 Å². The Labute approximate surface area is 115 Å². The normalized spacial score (nSPS) is 10.8. The van der Waals surface area contributed by atoms with Gasteiger partial charge in [-0.15, -0.1) is 11.6 Å². The van der Waals surface area contributed by atoms with E-state index in [2.05, 4.69) is 33.0 Å². The van der Waals surface area contributed by atoms with Gasteiger partial charge in [0.05, 0.1) is 0 Å². The second kappa shape index (κ2) is 9.20. The van der Waals surface area contributed by atoms with Crippen molar-refractivity contribution in [3.63, 3.8) is 0 Å². The highest BCUT2D eigenvalue weighted by molar-refractivity contribution is 6.19. The fourth-order valence-corrected chi connectivity index (χ4v) is 2.03. The van der Waals surface area contributed by atoms with Crippen molar-refractivity contribution in [1.82, 2.24) is 10.2 Å². The zero-order chi connectivity index (χ0) is 14.1. The van der Waals surface area contributed by atoms with E-state index < -0.39 is 0 Å². The topological polar surface area (TPSA) is 49.4 Å². The molecule has 0 aromatic heterocycles. The molecule has 0 rings (SSSR count). The summed E-state index contributed by atoms with van der Waals surface area (Å²) in [5.41, 5.74) is 0. The number of hydrogen-bond acceptors (Lipinski definition) is 2. The lowest BCUT2D eigenvalue weighted by molar-refractivity contribution is -0.119. The van der Waals surface area contributed by atoms with E-state index in [1.54, 1.807) is 4.90 Å². The summed E-state index contributed by atoms with van der Waals surface area (Å²) in [4.78, 5) is 25.2. The van der Waals surface area contributed by atoms with E-state index in [1.165, 1.54) is 0 Å². The molecule has 0 aliphatic heterocycles. The third kappa shape index (κ3) is 6.24. The Balaban J connectivity index is 4.63. The maximum atomic E-state index is 12.1. The molecule has 0 aromatic carbocycles. The first kappa shape index (κ1) is 17.2. The van der Waals surface area contributed by atoms with Crippen LogP contribution in [0.2, 0.25) is 0 Å². The fraction of sp³-hybridized carbons (Fsp3) is 0.846. The molecule has 0 heterocycles. The van der Waals surface area contributed by atoms with Crippen molar-refractivity contribution in [3.05, 3.63) is 0 Å². The van der Waals surface area contributed by atoms with Gasteiger partial charge in [0.2, 0.25) is 5.91 Å². The number of carbonyl (C=O) groups is 2. The van der Waals surface area contributed by atoms with Crippen LogP contribution in [0, 0.1) is 5.92 Å². The van der Waals surface area contributed by atoms with E-state index in [4.69, 9.17) is 11.6 Å². The quantitative estimate of drug-likeness (QED) is 0.727. The van der Waals surface area contributed by atoms with Gasteiger partial charge >= 0.3 is 6.03 Å². The minimum Gasteiger partial charge on any atom is -0.321 e. The van der Waals surface area contributed by atoms with Crippen molar-refractivity contribution < 1.29 is 9.59 Å². The van der Waals surface area contributed by atoms with E-state index in [0.29, 0.717) is 12.5 Å². The van der Waals surface area contributed by atoms with Gasteiger partial charge in [-0.25, -0.2) is 4.79 Å². The number of hydrogen-bond donors (Lipinski definition) is 1. The van der Waals surface area contributed by atoms with E-state index in [0.717, 1.165) is 12.8 Å². The SMILES string of the molecule is CCC(CC)N(CC(C)C)C(=O)NC(=O)CCCl. The number of rotatable bonds is 7. The van der Waals surface area contributed by atoms with Gasteiger partial charge in [-0.3, -0.25) is 10.1 Å². The zero-order valence-corrected chi connectivity index (χ0v) is 12.6. The number of urea groups is 1. The van der Waals surface area contributed by atoms with Gasteiger partial charge in [-0.1, -0.05) is 27.7 Å². The molecule has 0 atom stereocenters. The molecule has 18 heavy (non-hydrogen) atoms. The highest BCUT2D eigenvalue weighted by Crippen LogP contribution is 2.11. The zero-order valence-electron chi connectivity index (χ0n) is 11.8. The lowest BCUT2D eigenvalue weighted by Crippen LogP contribution is -2.49. The van der Waals surface area contributed by atoms with E-state index >= 15 is 0 Å². The van der Waals surface area contributed by atoms with Crippen molar-refractivity contribution in [1.29, 1.82) is 0 Å². The molecule has 106 valence electrons. The average Bonchev–Trinajstić information content (AvgIpc) is 2.28. The Kier molecular flexibility index (Phi) is 8.81. The average molecular weight is 277 g/mol. The maximum Gasteiger partial charge on any atom is 0.324 e. The summed E-state index contributed by atoms with van der Waals surface area (Å²) in [5, 5.41) is 2.40. The third-order valence-electron chi connectivity index (χ3n) is 2.77. The van der Waals surface area contributed by atoms with Crippen LogP contribution in [0.5, 0.6) is 0 Å². The Hall–Kier alpha value is -0.770. The fourth-order valence-electron chi connectivity index (χ4n) is 1.86. The molecule has 0 saturated carbocycles. The van der Waals surface area contributed by atoms with Gasteiger partial charge < -0.3 is 4.90 Å². The molecule has 5 heteroatoms. The van der Waals surface area contributed by atoms with Crippen molar-refractivity contribution in [2.75, 3.05) is 12.4 Å². The van der Waals surface area contributed by atoms with Gasteiger partial charge in [0.15, 0.2) is 0 Å². The van der Waals surface area contributed by atoms with Gasteiger partial charge in [0.25, 0.3) is 0 Å². The lowest BCUT2D eigenvalue weighted by atomic mass is 10.1. The van der Waals surface area contributed by atoms with Crippen LogP contribution in [-0.4, -0.2) is 35.3 Å². The van der Waals surface area contributed by atoms with Crippen molar-refractivity contribution in [2.24, 2.45) is 5.92 Å². The van der Waals surface area contributed by atoms with Crippen LogP contribution in [0.3, 0.4) is 0 Å². The first-order chi connectivity index (χ1) is 8.46. The number of nitrogens with zero attached hydrogens (tertiary/aromatic N) is 1. The minimum atomic E-state index is -0.310. The monoisotopic (exact) mass is 276 g/mol. The molecule has 0 aliphatic carbocycles. The Morgan fingerprint density at radius 2 is 1.78 bits per heavy atom. The van der Waals surface area contributed by atoms with E-state index in [1.807, 2.05) is 0 Å². The summed E-state index contributed by atoms with van der Waals surface area (Å²) in [6, 6.07) is -0.122. The van der Waals surface area contributed by atoms with Gasteiger partial charge in [0, 0.05) is 24.9 Å². The molecule has 0 radical (unpaired) electrons. The molecule has 3 amide bonds. The maximum absolute atomic E-state index is 12.1. The predicted molar refractivity (Wildman–Crippen MR) is 74.8 cm³/mol. The van der Waals surface area contributed by atoms with Crippen LogP contribution in [0.4, 0.5) is 4.79 Å². The molecular weight excluding hydrogens is 252 g/mol. The van der Waals surface area contributed by atoms with Gasteiger partial charge in [-0.2, -0.15) is 0 Å². The standard InChI is InChI=1S/C13H25ClN2O2/c1-5-11(6-2)16(9-10(3)4)13(18)15-12(17)7-8-14/h10-11H,5-9H2,1-4H3,(H,15,17,18). The summed E-state index contributed by atoms with van der Waals surface area (Å²) < 4.78 is 0. The second-order valence-electron chi connectivity index (χ2n) is 4.81. The molecule has 1 N–H and O–H groups in total. The molecule has 0 fully saturated rings. The van der Waals surface area contributed by atoms with Crippen LogP contribution in [0.1, 0.15) is 47.0 Å². The van der Waals surface area contributed by atoms with Crippen LogP contribution in [-0.2, 0) is 4.79 Å². The number of alkyl halides is 1. The minimum absolute atomic E-state index is 0.172. The van der Waals surface area contributed by atoms with E-state index in [-0.39, 0.29) is 30.3 Å². The van der Waals surface area contributed by atoms with Crippen LogP contribution in [0.25, 0.3) is 0 Å². The highest BCUT2D eigenvalue weighted by Gasteiger charge is 2.23. The summed E-state index contributed by atoms with van der Waals surface area (Å²) in [6.45, 7) is 8.88. The van der Waals surface area contributed by atoms with Crippen LogP contribution in [0.15, 0.2) is 0 Å². The van der Waals surface area contributed by atoms with E-state index in [9.17, 15) is 9.59 Å². The molecule has 0 aliphatic rings. The lowest BCUT2D eigenvalue weighted by Gasteiger charge is -2.31. The number of halogens is 1. The number of carbonyl (C=O) groups excluding carboxylic acids is 2. The largest absolute Gasteiger partial charge is 0.324 e. The van der Waals surface area contributed by atoms with Crippen molar-refractivity contribution in [2.45, 2.75) is 53.0 Å². The number of imide groups is 1. The Morgan fingerprint density at radius 1 is 1.22 bits per heavy atom. The van der Waals surface area contributed by atoms with Crippen LogP contribution >= 0.6 is 11.6 Å². The summed E-state index contributed by atoms with van der Waals surface area (Å²) >= 11 is 5.48. The molecule has 4 nitrogen and oxygen atoms in total. The highest BCUT2D eigenvalue weighted by atomic mass is 35.5. The molecule has 0 aromatic rings. The van der Waals surface area contributed by atoms with Gasteiger partial charge in [0.1, 0.15) is 0 Å². The summed E-state index contributed by atoms with van der Waals surface area (Å²) in [6.07, 6.45) is 1.95. The summed E-state index contributed by atoms with van der Waals surface area (Å²) in [7, 11) is 0. The molecule has 0 unspecified atom stereocenters. The summed E-state index contributed by atoms with van der Waals surface area (Å²) in [5.74, 6) is 0.295. The molecule has 0 saturated heterocycles. The third-order valence-corrected chi connectivity index (χ3v) is 2.96. The Morgan fingerprint density at radius 3 is 2.17 bits per heavy atom. The predicted octanol–water partition coefficient (Wildman–Crippen LogP) is 3.00.